The van der Waals surface area contributed by atoms with Crippen LogP contribution in [0.2, 0.25) is 5.02 Å². The van der Waals surface area contributed by atoms with E-state index in [0.717, 1.165) is 19.2 Å². The molecule has 2 N–H and O–H groups in total. The van der Waals surface area contributed by atoms with Gasteiger partial charge in [0.2, 0.25) is 0 Å². The van der Waals surface area contributed by atoms with Gasteiger partial charge in [0.25, 0.3) is 0 Å². The van der Waals surface area contributed by atoms with Gasteiger partial charge in [-0.1, -0.05) is 11.6 Å². The largest absolute Gasteiger partial charge is 0.468 e. The smallest absolute Gasteiger partial charge is 0.327 e. The number of nitrogens with two attached hydrogens (primary N) is 1. The van der Waals surface area contributed by atoms with Crippen molar-refractivity contribution in [3.63, 3.8) is 0 Å². The summed E-state index contributed by atoms with van der Waals surface area (Å²) in [5.74, 6) is -2.87. The second-order valence-electron chi connectivity index (χ2n) is 2.78. The lowest BCUT2D eigenvalue weighted by Crippen LogP contribution is -2.24. The summed E-state index contributed by atoms with van der Waals surface area (Å²) in [5.41, 5.74) is 4.75. The number of esters is 1. The van der Waals surface area contributed by atoms with Gasteiger partial charge >= 0.3 is 5.97 Å². The van der Waals surface area contributed by atoms with Crippen molar-refractivity contribution in [2.45, 2.75) is 6.04 Å². The molecule has 0 aromatic heterocycles. The Morgan fingerprint density at radius 3 is 2.25 bits per heavy atom. The van der Waals surface area contributed by atoms with Gasteiger partial charge in [-0.15, -0.1) is 12.4 Å². The first kappa shape index (κ1) is 15.1. The Kier molecular flexibility index (Phi) is 5.64. The molecule has 0 aliphatic heterocycles. The summed E-state index contributed by atoms with van der Waals surface area (Å²) in [6, 6.07) is 0.262. The summed E-state index contributed by atoms with van der Waals surface area (Å²) >= 11 is 5.40. The van der Waals surface area contributed by atoms with Crippen molar-refractivity contribution in [2.24, 2.45) is 5.73 Å². The fraction of sp³-hybridized carbons (Fsp3) is 0.222. The molecule has 1 aromatic rings. The first-order valence-electron chi connectivity index (χ1n) is 3.95. The second kappa shape index (κ2) is 5.98. The van der Waals surface area contributed by atoms with Crippen LogP contribution in [0.25, 0.3) is 0 Å². The van der Waals surface area contributed by atoms with Gasteiger partial charge in [0.15, 0.2) is 0 Å². The molecule has 0 fully saturated rings. The Morgan fingerprint density at radius 2 is 1.88 bits per heavy atom. The van der Waals surface area contributed by atoms with Gasteiger partial charge in [-0.2, -0.15) is 0 Å². The molecule has 0 aliphatic rings. The molecule has 0 spiro atoms. The molecule has 0 heterocycles. The van der Waals surface area contributed by atoms with Crippen LogP contribution in [-0.4, -0.2) is 13.1 Å². The zero-order valence-corrected chi connectivity index (χ0v) is 9.74. The maximum Gasteiger partial charge on any atom is 0.327 e. The summed E-state index contributed by atoms with van der Waals surface area (Å²) in [6.07, 6.45) is 0. The predicted molar refractivity (Wildman–Crippen MR) is 57.6 cm³/mol. The minimum atomic E-state index is -1.49. The molecular weight excluding hydrogens is 263 g/mol. The van der Waals surface area contributed by atoms with Crippen molar-refractivity contribution in [3.8, 4) is 0 Å². The van der Waals surface area contributed by atoms with Crippen LogP contribution >= 0.6 is 24.0 Å². The second-order valence-corrected chi connectivity index (χ2v) is 3.22. The third kappa shape index (κ3) is 3.04. The predicted octanol–water partition coefficient (Wildman–Crippen LogP) is 2.21. The molecule has 1 atom stereocenters. The minimum absolute atomic E-state index is 0. The maximum atomic E-state index is 13.2. The summed E-state index contributed by atoms with van der Waals surface area (Å²) in [5, 5.41) is -0.106. The molecule has 7 heteroatoms. The van der Waals surface area contributed by atoms with Crippen molar-refractivity contribution in [3.05, 3.63) is 34.4 Å². The lowest BCUT2D eigenvalue weighted by Gasteiger charge is -2.11. The summed E-state index contributed by atoms with van der Waals surface area (Å²) < 4.78 is 30.8. The third-order valence-corrected chi connectivity index (χ3v) is 2.03. The Morgan fingerprint density at radius 1 is 1.44 bits per heavy atom. The van der Waals surface area contributed by atoms with E-state index < -0.39 is 29.2 Å². The number of benzene rings is 1. The zero-order valence-electron chi connectivity index (χ0n) is 8.17. The number of halogens is 4. The Labute approximate surface area is 102 Å². The normalized spacial score (nSPS) is 11.6. The SMILES string of the molecule is COC(=O)[C@H](N)c1c(F)cc(Cl)cc1F.Cl. The monoisotopic (exact) mass is 271 g/mol. The van der Waals surface area contributed by atoms with Crippen molar-refractivity contribution in [2.75, 3.05) is 7.11 Å². The van der Waals surface area contributed by atoms with E-state index >= 15 is 0 Å². The van der Waals surface area contributed by atoms with Crippen LogP contribution in [-0.2, 0) is 9.53 Å². The molecule has 1 aromatic carbocycles. The van der Waals surface area contributed by atoms with Crippen molar-refractivity contribution in [1.29, 1.82) is 0 Å². The molecule has 0 saturated heterocycles. The van der Waals surface area contributed by atoms with Gasteiger partial charge in [-0.25, -0.2) is 8.78 Å². The zero-order chi connectivity index (χ0) is 11.6. The molecule has 1 rings (SSSR count). The first-order chi connectivity index (χ1) is 6.97. The number of methoxy groups -OCH3 is 1. The summed E-state index contributed by atoms with van der Waals surface area (Å²) in [6.45, 7) is 0. The van der Waals surface area contributed by atoms with Crippen LogP contribution in [0.3, 0.4) is 0 Å². The molecule has 90 valence electrons. The number of carbonyl (C=O) groups is 1. The Bertz CT molecular complexity index is 378. The van der Waals surface area contributed by atoms with E-state index in [2.05, 4.69) is 4.74 Å². The molecule has 0 amide bonds. The highest BCUT2D eigenvalue weighted by molar-refractivity contribution is 6.30. The van der Waals surface area contributed by atoms with Crippen LogP contribution in [0.15, 0.2) is 12.1 Å². The topological polar surface area (TPSA) is 52.3 Å². The lowest BCUT2D eigenvalue weighted by molar-refractivity contribution is -0.142. The van der Waals surface area contributed by atoms with Crippen molar-refractivity contribution < 1.29 is 18.3 Å². The Hall–Kier alpha value is -0.910. The van der Waals surface area contributed by atoms with Crippen LogP contribution in [0.5, 0.6) is 0 Å². The average Bonchev–Trinajstić information content (AvgIpc) is 2.14. The summed E-state index contributed by atoms with van der Waals surface area (Å²) in [7, 11) is 1.08. The van der Waals surface area contributed by atoms with Gasteiger partial charge in [0, 0.05) is 5.02 Å². The molecule has 16 heavy (non-hydrogen) atoms. The quantitative estimate of drug-likeness (QED) is 0.840. The number of hydrogen-bond acceptors (Lipinski definition) is 3. The van der Waals surface area contributed by atoms with E-state index in [1.165, 1.54) is 0 Å². The number of rotatable bonds is 2. The standard InChI is InChI=1S/C9H8ClF2NO2.ClH/c1-15-9(14)8(13)7-5(11)2-4(10)3-6(7)12;/h2-3,8H,13H2,1H3;1H/t8-;/m1./s1. The molecule has 0 saturated carbocycles. The third-order valence-electron chi connectivity index (χ3n) is 1.81. The maximum absolute atomic E-state index is 13.2. The highest BCUT2D eigenvalue weighted by atomic mass is 35.5. The van der Waals surface area contributed by atoms with Crippen molar-refractivity contribution in [1.82, 2.24) is 0 Å². The first-order valence-corrected chi connectivity index (χ1v) is 4.33. The van der Waals surface area contributed by atoms with E-state index in [1.807, 2.05) is 0 Å². The Balaban J connectivity index is 0.00000225. The van der Waals surface area contributed by atoms with Gasteiger partial charge in [-0.05, 0) is 12.1 Å². The van der Waals surface area contributed by atoms with Crippen molar-refractivity contribution >= 4 is 30.0 Å². The van der Waals surface area contributed by atoms with E-state index in [4.69, 9.17) is 17.3 Å². The van der Waals surface area contributed by atoms with E-state index in [0.29, 0.717) is 0 Å². The molecule has 0 bridgehead atoms. The van der Waals surface area contributed by atoms with E-state index in [9.17, 15) is 13.6 Å². The van der Waals surface area contributed by atoms with Gasteiger partial charge < -0.3 is 10.5 Å². The fourth-order valence-electron chi connectivity index (χ4n) is 1.10. The number of ether oxygens (including phenoxy) is 1. The average molecular weight is 272 g/mol. The molecule has 3 nitrogen and oxygen atoms in total. The van der Waals surface area contributed by atoms with Crippen LogP contribution < -0.4 is 5.73 Å². The van der Waals surface area contributed by atoms with Crippen LogP contribution in [0.4, 0.5) is 8.78 Å². The fourth-order valence-corrected chi connectivity index (χ4v) is 1.29. The van der Waals surface area contributed by atoms with Crippen LogP contribution in [0.1, 0.15) is 11.6 Å². The van der Waals surface area contributed by atoms with Gasteiger partial charge in [-0.3, -0.25) is 4.79 Å². The minimum Gasteiger partial charge on any atom is -0.468 e. The lowest BCUT2D eigenvalue weighted by atomic mass is 10.1. The highest BCUT2D eigenvalue weighted by Gasteiger charge is 2.24. The molecule has 0 aliphatic carbocycles. The van der Waals surface area contributed by atoms with E-state index in [-0.39, 0.29) is 17.4 Å². The number of carbonyl (C=O) groups excluding carboxylic acids is 1. The molecule has 0 radical (unpaired) electrons. The molecule has 0 unspecified atom stereocenters. The molecular formula is C9H9Cl2F2NO2. The van der Waals surface area contributed by atoms with Crippen LogP contribution in [0, 0.1) is 11.6 Å². The van der Waals surface area contributed by atoms with E-state index in [1.54, 1.807) is 0 Å². The van der Waals surface area contributed by atoms with Gasteiger partial charge in [0.05, 0.1) is 12.7 Å². The number of hydrogen-bond donors (Lipinski definition) is 1. The summed E-state index contributed by atoms with van der Waals surface area (Å²) in [4.78, 5) is 11.0. The highest BCUT2D eigenvalue weighted by Crippen LogP contribution is 2.23. The van der Waals surface area contributed by atoms with Gasteiger partial charge in [0.1, 0.15) is 17.7 Å².